The number of hydrogen-bond donors (Lipinski definition) is 2. The zero-order valence-electron chi connectivity index (χ0n) is 12.2. The summed E-state index contributed by atoms with van der Waals surface area (Å²) < 4.78 is 18.9. The van der Waals surface area contributed by atoms with Crippen molar-refractivity contribution in [1.82, 2.24) is 10.3 Å². The standard InChI is InChI=1S/C16H19FN2O2/c1-9(2)13-5-15-10(4-14(13)17)3-12(19-15)6-18-16(20)11-7-21-8-11/h3-5,9,11,19H,6-8H2,1-2H3,(H,18,20). The van der Waals surface area contributed by atoms with Crippen molar-refractivity contribution < 1.29 is 13.9 Å². The van der Waals surface area contributed by atoms with Gasteiger partial charge in [-0.3, -0.25) is 4.79 Å². The van der Waals surface area contributed by atoms with Crippen molar-refractivity contribution in [2.45, 2.75) is 26.3 Å². The van der Waals surface area contributed by atoms with E-state index in [1.54, 1.807) is 6.07 Å². The van der Waals surface area contributed by atoms with E-state index in [0.29, 0.717) is 25.3 Å². The minimum absolute atomic E-state index is 0.00829. The van der Waals surface area contributed by atoms with Gasteiger partial charge in [0.15, 0.2) is 0 Å². The van der Waals surface area contributed by atoms with Crippen molar-refractivity contribution in [2.75, 3.05) is 13.2 Å². The molecular weight excluding hydrogens is 271 g/mol. The van der Waals surface area contributed by atoms with Gasteiger partial charge in [-0.2, -0.15) is 0 Å². The number of aromatic amines is 1. The van der Waals surface area contributed by atoms with E-state index in [-0.39, 0.29) is 23.6 Å². The summed E-state index contributed by atoms with van der Waals surface area (Å²) in [6.07, 6.45) is 0. The van der Waals surface area contributed by atoms with Gasteiger partial charge in [-0.25, -0.2) is 4.39 Å². The van der Waals surface area contributed by atoms with E-state index in [4.69, 9.17) is 4.74 Å². The Bertz CT molecular complexity index is 674. The lowest BCUT2D eigenvalue weighted by molar-refractivity contribution is -0.139. The predicted octanol–water partition coefficient (Wildman–Crippen LogP) is 2.69. The van der Waals surface area contributed by atoms with Crippen LogP contribution >= 0.6 is 0 Å². The molecule has 0 spiro atoms. The number of ether oxygens (including phenoxy) is 1. The molecule has 0 atom stereocenters. The molecule has 0 aliphatic carbocycles. The predicted molar refractivity (Wildman–Crippen MR) is 78.5 cm³/mol. The van der Waals surface area contributed by atoms with Crippen molar-refractivity contribution in [3.63, 3.8) is 0 Å². The van der Waals surface area contributed by atoms with Crippen LogP contribution in [0.4, 0.5) is 4.39 Å². The van der Waals surface area contributed by atoms with E-state index in [1.165, 1.54) is 0 Å². The van der Waals surface area contributed by atoms with Crippen LogP contribution in [0.2, 0.25) is 0 Å². The second-order valence-electron chi connectivity index (χ2n) is 5.86. The highest BCUT2D eigenvalue weighted by atomic mass is 19.1. The molecule has 112 valence electrons. The van der Waals surface area contributed by atoms with E-state index in [2.05, 4.69) is 10.3 Å². The molecule has 1 aliphatic rings. The largest absolute Gasteiger partial charge is 0.380 e. The number of carbonyl (C=O) groups excluding carboxylic acids is 1. The Morgan fingerprint density at radius 3 is 2.81 bits per heavy atom. The van der Waals surface area contributed by atoms with Crippen LogP contribution in [0.15, 0.2) is 18.2 Å². The lowest BCUT2D eigenvalue weighted by atomic mass is 10.0. The van der Waals surface area contributed by atoms with Crippen LogP contribution in [0.3, 0.4) is 0 Å². The first kappa shape index (κ1) is 14.1. The van der Waals surface area contributed by atoms with Gasteiger partial charge in [0.25, 0.3) is 0 Å². The number of carbonyl (C=O) groups is 1. The van der Waals surface area contributed by atoms with Crippen LogP contribution < -0.4 is 5.32 Å². The summed E-state index contributed by atoms with van der Waals surface area (Å²) in [5, 5.41) is 3.70. The molecule has 0 radical (unpaired) electrons. The summed E-state index contributed by atoms with van der Waals surface area (Å²) in [5.74, 6) is -0.0634. The second kappa shape index (κ2) is 5.48. The third-order valence-electron chi connectivity index (χ3n) is 3.88. The molecule has 0 saturated carbocycles. The van der Waals surface area contributed by atoms with Gasteiger partial charge in [0, 0.05) is 16.6 Å². The van der Waals surface area contributed by atoms with Crippen LogP contribution in [-0.4, -0.2) is 24.1 Å². The Labute approximate surface area is 122 Å². The van der Waals surface area contributed by atoms with Crippen molar-refractivity contribution in [1.29, 1.82) is 0 Å². The molecule has 5 heteroatoms. The molecule has 2 N–H and O–H groups in total. The van der Waals surface area contributed by atoms with Crippen LogP contribution in [0.5, 0.6) is 0 Å². The number of fused-ring (bicyclic) bond motifs is 1. The molecule has 2 aromatic rings. The molecule has 1 saturated heterocycles. The first-order valence-electron chi connectivity index (χ1n) is 7.21. The molecular formula is C16H19FN2O2. The minimum atomic E-state index is -0.182. The van der Waals surface area contributed by atoms with Crippen molar-refractivity contribution in [3.8, 4) is 0 Å². The number of nitrogens with one attached hydrogen (secondary N) is 2. The number of hydrogen-bond acceptors (Lipinski definition) is 2. The number of aromatic nitrogens is 1. The second-order valence-corrected chi connectivity index (χ2v) is 5.86. The number of benzene rings is 1. The van der Waals surface area contributed by atoms with E-state index in [9.17, 15) is 9.18 Å². The average molecular weight is 290 g/mol. The number of H-pyrrole nitrogens is 1. The van der Waals surface area contributed by atoms with E-state index in [0.717, 1.165) is 16.6 Å². The summed E-state index contributed by atoms with van der Waals surface area (Å²) in [4.78, 5) is 15.0. The average Bonchev–Trinajstić information content (AvgIpc) is 2.74. The zero-order valence-corrected chi connectivity index (χ0v) is 12.2. The molecule has 0 bridgehead atoms. The van der Waals surface area contributed by atoms with E-state index in [1.807, 2.05) is 26.0 Å². The van der Waals surface area contributed by atoms with Gasteiger partial charge in [-0.05, 0) is 29.7 Å². The molecule has 1 aromatic carbocycles. The Balaban J connectivity index is 1.75. The van der Waals surface area contributed by atoms with E-state index >= 15 is 0 Å². The SMILES string of the molecule is CC(C)c1cc2[nH]c(CNC(=O)C3COC3)cc2cc1F. The van der Waals surface area contributed by atoms with Gasteiger partial charge in [-0.15, -0.1) is 0 Å². The van der Waals surface area contributed by atoms with Crippen LogP contribution in [-0.2, 0) is 16.1 Å². The first-order chi connectivity index (χ1) is 10.0. The highest BCUT2D eigenvalue weighted by Crippen LogP contribution is 2.25. The zero-order chi connectivity index (χ0) is 15.0. The third-order valence-corrected chi connectivity index (χ3v) is 3.88. The maximum Gasteiger partial charge on any atom is 0.228 e. The summed E-state index contributed by atoms with van der Waals surface area (Å²) in [7, 11) is 0. The van der Waals surface area contributed by atoms with Crippen molar-refractivity contribution in [2.24, 2.45) is 5.92 Å². The van der Waals surface area contributed by atoms with Crippen LogP contribution in [0.25, 0.3) is 10.9 Å². The third kappa shape index (κ3) is 2.78. The fraction of sp³-hybridized carbons (Fsp3) is 0.438. The summed E-state index contributed by atoms with van der Waals surface area (Å²) in [6, 6.07) is 5.27. The summed E-state index contributed by atoms with van der Waals surface area (Å²) in [5.41, 5.74) is 2.47. The molecule has 1 aromatic heterocycles. The van der Waals surface area contributed by atoms with E-state index < -0.39 is 0 Å². The Morgan fingerprint density at radius 2 is 2.19 bits per heavy atom. The molecule has 1 aliphatic heterocycles. The molecule has 0 unspecified atom stereocenters. The van der Waals surface area contributed by atoms with Gasteiger partial charge in [0.1, 0.15) is 5.82 Å². The summed E-state index contributed by atoms with van der Waals surface area (Å²) >= 11 is 0. The van der Waals surface area contributed by atoms with Gasteiger partial charge in [-0.1, -0.05) is 13.8 Å². The smallest absolute Gasteiger partial charge is 0.228 e. The van der Waals surface area contributed by atoms with Crippen LogP contribution in [0, 0.1) is 11.7 Å². The number of amides is 1. The molecule has 4 nitrogen and oxygen atoms in total. The Kier molecular flexibility index (Phi) is 3.68. The van der Waals surface area contributed by atoms with Gasteiger partial charge in [0.05, 0.1) is 25.7 Å². The minimum Gasteiger partial charge on any atom is -0.380 e. The summed E-state index contributed by atoms with van der Waals surface area (Å²) in [6.45, 7) is 5.36. The molecule has 1 amide bonds. The number of rotatable bonds is 4. The lowest BCUT2D eigenvalue weighted by Gasteiger charge is -2.24. The maximum absolute atomic E-state index is 14.0. The van der Waals surface area contributed by atoms with Crippen LogP contribution in [0.1, 0.15) is 31.0 Å². The molecule has 21 heavy (non-hydrogen) atoms. The lowest BCUT2D eigenvalue weighted by Crippen LogP contribution is -2.41. The molecule has 3 rings (SSSR count). The quantitative estimate of drug-likeness (QED) is 0.909. The normalized spacial score (nSPS) is 15.4. The first-order valence-corrected chi connectivity index (χ1v) is 7.21. The van der Waals surface area contributed by atoms with Crippen molar-refractivity contribution in [3.05, 3.63) is 35.3 Å². The molecule has 1 fully saturated rings. The fourth-order valence-electron chi connectivity index (χ4n) is 2.48. The fourth-order valence-corrected chi connectivity index (χ4v) is 2.48. The highest BCUT2D eigenvalue weighted by molar-refractivity contribution is 5.82. The maximum atomic E-state index is 14.0. The van der Waals surface area contributed by atoms with Gasteiger partial charge in [0.2, 0.25) is 5.91 Å². The van der Waals surface area contributed by atoms with Gasteiger partial charge >= 0.3 is 0 Å². The van der Waals surface area contributed by atoms with Gasteiger partial charge < -0.3 is 15.0 Å². The highest BCUT2D eigenvalue weighted by Gasteiger charge is 2.26. The molecule has 2 heterocycles. The Hall–Kier alpha value is -1.88. The van der Waals surface area contributed by atoms with Crippen molar-refractivity contribution >= 4 is 16.8 Å². The number of halogens is 1. The Morgan fingerprint density at radius 1 is 1.43 bits per heavy atom. The monoisotopic (exact) mass is 290 g/mol. The topological polar surface area (TPSA) is 54.1 Å².